The van der Waals surface area contributed by atoms with Crippen molar-refractivity contribution in [1.29, 1.82) is 0 Å². The summed E-state index contributed by atoms with van der Waals surface area (Å²) < 4.78 is 13.3. The summed E-state index contributed by atoms with van der Waals surface area (Å²) in [6.45, 7) is 7.26. The Morgan fingerprint density at radius 3 is 2.80 bits per heavy atom. The van der Waals surface area contributed by atoms with Crippen LogP contribution in [0, 0.1) is 12.8 Å². The Bertz CT molecular complexity index is 855. The van der Waals surface area contributed by atoms with Crippen molar-refractivity contribution in [3.05, 3.63) is 29.6 Å². The zero-order chi connectivity index (χ0) is 21.5. The monoisotopic (exact) mass is 432 g/mol. The number of hydrogen-bond donors (Lipinski definition) is 1. The topological polar surface area (TPSA) is 78.3 Å². The number of amides is 1. The molecule has 2 aromatic rings. The van der Waals surface area contributed by atoms with E-state index in [-0.39, 0.29) is 12.5 Å². The molecule has 1 amide bonds. The molecule has 1 fully saturated rings. The van der Waals surface area contributed by atoms with Crippen LogP contribution in [0.2, 0.25) is 0 Å². The molecule has 1 aromatic heterocycles. The number of aryl methyl sites for hydroxylation is 1. The standard InChI is InChI=1S/C22H32N4O3S/c1-5-26-20(13-29-18-11-10-15(2)12-19(18)28-4)24-25-22(26)30-14-21(27)23-17-9-7-6-8-16(17)3/h10-12,16-17H,5-9,13-14H2,1-4H3,(H,23,27)/t16-,17+/m1/s1. The fourth-order valence-corrected chi connectivity index (χ4v) is 4.63. The van der Waals surface area contributed by atoms with Crippen molar-refractivity contribution in [3.63, 3.8) is 0 Å². The lowest BCUT2D eigenvalue weighted by atomic mass is 9.86. The van der Waals surface area contributed by atoms with E-state index in [0.717, 1.165) is 23.0 Å². The quantitative estimate of drug-likeness (QED) is 0.604. The molecule has 164 valence electrons. The number of benzene rings is 1. The lowest BCUT2D eigenvalue weighted by molar-refractivity contribution is -0.119. The maximum absolute atomic E-state index is 12.4. The van der Waals surface area contributed by atoms with Gasteiger partial charge in [0.25, 0.3) is 0 Å². The van der Waals surface area contributed by atoms with Crippen molar-refractivity contribution in [2.24, 2.45) is 5.92 Å². The van der Waals surface area contributed by atoms with Crippen LogP contribution in [-0.2, 0) is 17.9 Å². The molecule has 2 atom stereocenters. The summed E-state index contributed by atoms with van der Waals surface area (Å²) in [6.07, 6.45) is 4.73. The average molecular weight is 433 g/mol. The van der Waals surface area contributed by atoms with Gasteiger partial charge in [0.15, 0.2) is 22.5 Å². The molecule has 0 radical (unpaired) electrons. The molecular weight excluding hydrogens is 400 g/mol. The van der Waals surface area contributed by atoms with Crippen LogP contribution in [0.15, 0.2) is 23.4 Å². The number of rotatable bonds is 9. The van der Waals surface area contributed by atoms with Gasteiger partial charge in [0, 0.05) is 12.6 Å². The molecule has 0 spiro atoms. The number of carbonyl (C=O) groups excluding carboxylic acids is 1. The number of carbonyl (C=O) groups is 1. The smallest absolute Gasteiger partial charge is 0.230 e. The van der Waals surface area contributed by atoms with Crippen molar-refractivity contribution >= 4 is 17.7 Å². The summed E-state index contributed by atoms with van der Waals surface area (Å²) in [6, 6.07) is 6.11. The highest BCUT2D eigenvalue weighted by molar-refractivity contribution is 7.99. The third kappa shape index (κ3) is 5.68. The van der Waals surface area contributed by atoms with Gasteiger partial charge in [-0.15, -0.1) is 10.2 Å². The summed E-state index contributed by atoms with van der Waals surface area (Å²) in [7, 11) is 1.63. The van der Waals surface area contributed by atoms with E-state index in [1.165, 1.54) is 31.0 Å². The van der Waals surface area contributed by atoms with Crippen molar-refractivity contribution in [2.45, 2.75) is 70.8 Å². The second kappa shape index (κ2) is 10.7. The van der Waals surface area contributed by atoms with Gasteiger partial charge in [-0.05, 0) is 50.3 Å². The Kier molecular flexibility index (Phi) is 8.01. The number of nitrogens with one attached hydrogen (secondary N) is 1. The second-order valence-corrected chi connectivity index (χ2v) is 8.75. The third-order valence-electron chi connectivity index (χ3n) is 5.58. The minimum absolute atomic E-state index is 0.0617. The number of ether oxygens (including phenoxy) is 2. The highest BCUT2D eigenvalue weighted by atomic mass is 32.2. The van der Waals surface area contributed by atoms with Crippen LogP contribution in [-0.4, -0.2) is 39.6 Å². The third-order valence-corrected chi connectivity index (χ3v) is 6.54. The number of nitrogens with zero attached hydrogens (tertiary/aromatic N) is 3. The van der Waals surface area contributed by atoms with Gasteiger partial charge in [-0.2, -0.15) is 0 Å². The van der Waals surface area contributed by atoms with Gasteiger partial charge >= 0.3 is 0 Å². The Morgan fingerprint density at radius 1 is 1.27 bits per heavy atom. The van der Waals surface area contributed by atoms with Crippen LogP contribution in [0.3, 0.4) is 0 Å². The molecule has 0 aliphatic heterocycles. The summed E-state index contributed by atoms with van der Waals surface area (Å²) >= 11 is 1.42. The number of thioether (sulfide) groups is 1. The lowest BCUT2D eigenvalue weighted by Crippen LogP contribution is -2.41. The molecule has 0 saturated heterocycles. The SMILES string of the molecule is CCn1c(COc2ccc(C)cc2OC)nnc1SCC(=O)N[C@H]1CCCC[C@H]1C. The molecule has 1 aliphatic rings. The van der Waals surface area contributed by atoms with Gasteiger partial charge in [0.1, 0.15) is 6.61 Å². The molecule has 1 aliphatic carbocycles. The van der Waals surface area contributed by atoms with Crippen LogP contribution in [0.25, 0.3) is 0 Å². The first-order valence-corrected chi connectivity index (χ1v) is 11.6. The first-order valence-electron chi connectivity index (χ1n) is 10.6. The van der Waals surface area contributed by atoms with Gasteiger partial charge in [0.05, 0.1) is 12.9 Å². The van der Waals surface area contributed by atoms with E-state index >= 15 is 0 Å². The number of aromatic nitrogens is 3. The fourth-order valence-electron chi connectivity index (χ4n) is 3.80. The second-order valence-electron chi connectivity index (χ2n) is 7.81. The van der Waals surface area contributed by atoms with Crippen molar-refractivity contribution < 1.29 is 14.3 Å². The first kappa shape index (κ1) is 22.5. The lowest BCUT2D eigenvalue weighted by Gasteiger charge is -2.29. The van der Waals surface area contributed by atoms with E-state index in [1.807, 2.05) is 36.6 Å². The summed E-state index contributed by atoms with van der Waals surface area (Å²) in [5.41, 5.74) is 1.11. The molecule has 8 heteroatoms. The zero-order valence-electron chi connectivity index (χ0n) is 18.3. The normalized spacial score (nSPS) is 18.8. The van der Waals surface area contributed by atoms with Crippen LogP contribution in [0.1, 0.15) is 50.9 Å². The fraction of sp³-hybridized carbons (Fsp3) is 0.591. The van der Waals surface area contributed by atoms with E-state index in [4.69, 9.17) is 9.47 Å². The van der Waals surface area contributed by atoms with E-state index in [2.05, 4.69) is 22.4 Å². The molecule has 1 saturated carbocycles. The molecule has 1 aromatic carbocycles. The largest absolute Gasteiger partial charge is 0.493 e. The molecule has 3 rings (SSSR count). The molecule has 30 heavy (non-hydrogen) atoms. The first-order chi connectivity index (χ1) is 14.5. The Balaban J connectivity index is 1.57. The van der Waals surface area contributed by atoms with Gasteiger partial charge in [0.2, 0.25) is 5.91 Å². The van der Waals surface area contributed by atoms with Gasteiger partial charge < -0.3 is 19.4 Å². The van der Waals surface area contributed by atoms with Crippen molar-refractivity contribution in [2.75, 3.05) is 12.9 Å². The Hall–Kier alpha value is -2.22. The van der Waals surface area contributed by atoms with E-state index in [9.17, 15) is 4.79 Å². The molecular formula is C22H32N4O3S. The maximum Gasteiger partial charge on any atom is 0.230 e. The summed E-state index contributed by atoms with van der Waals surface area (Å²) in [4.78, 5) is 12.4. The van der Waals surface area contributed by atoms with Crippen molar-refractivity contribution in [1.82, 2.24) is 20.1 Å². The minimum Gasteiger partial charge on any atom is -0.493 e. The van der Waals surface area contributed by atoms with Gasteiger partial charge in [-0.3, -0.25) is 4.79 Å². The highest BCUT2D eigenvalue weighted by Crippen LogP contribution is 2.29. The summed E-state index contributed by atoms with van der Waals surface area (Å²) in [5, 5.41) is 12.5. The van der Waals surface area contributed by atoms with Crippen molar-refractivity contribution in [3.8, 4) is 11.5 Å². The molecule has 0 bridgehead atoms. The Labute approximate surface area is 182 Å². The van der Waals surface area contributed by atoms with E-state index in [0.29, 0.717) is 35.8 Å². The van der Waals surface area contributed by atoms with Crippen LogP contribution in [0.4, 0.5) is 0 Å². The van der Waals surface area contributed by atoms with Crippen LogP contribution < -0.4 is 14.8 Å². The predicted molar refractivity (Wildman–Crippen MR) is 118 cm³/mol. The highest BCUT2D eigenvalue weighted by Gasteiger charge is 2.23. The van der Waals surface area contributed by atoms with Gasteiger partial charge in [-0.1, -0.05) is 37.6 Å². The molecule has 1 heterocycles. The molecule has 0 unspecified atom stereocenters. The number of hydrogen-bond acceptors (Lipinski definition) is 6. The maximum atomic E-state index is 12.4. The van der Waals surface area contributed by atoms with Crippen LogP contribution >= 0.6 is 11.8 Å². The van der Waals surface area contributed by atoms with Gasteiger partial charge in [-0.25, -0.2) is 0 Å². The zero-order valence-corrected chi connectivity index (χ0v) is 19.1. The summed E-state index contributed by atoms with van der Waals surface area (Å²) in [5.74, 6) is 3.04. The van der Waals surface area contributed by atoms with Crippen LogP contribution in [0.5, 0.6) is 11.5 Å². The Morgan fingerprint density at radius 2 is 2.07 bits per heavy atom. The van der Waals surface area contributed by atoms with E-state index < -0.39 is 0 Å². The minimum atomic E-state index is 0.0617. The molecule has 7 nitrogen and oxygen atoms in total. The number of methoxy groups -OCH3 is 1. The average Bonchev–Trinajstić information content (AvgIpc) is 3.14. The van der Waals surface area contributed by atoms with E-state index in [1.54, 1.807) is 7.11 Å². The molecule has 1 N–H and O–H groups in total. The predicted octanol–water partition coefficient (Wildman–Crippen LogP) is 3.98.